The molecule has 4 nitrogen and oxygen atoms in total. The molecule has 0 aromatic carbocycles. The lowest BCUT2D eigenvalue weighted by atomic mass is 10.6. The van der Waals surface area contributed by atoms with Crippen LogP contribution >= 0.6 is 0 Å². The van der Waals surface area contributed by atoms with Crippen LogP contribution in [0.4, 0.5) is 0 Å². The van der Waals surface area contributed by atoms with Crippen LogP contribution in [0, 0.1) is 0 Å². The first-order valence-electron chi connectivity index (χ1n) is 4.44. The van der Waals surface area contributed by atoms with Gasteiger partial charge in [0.05, 0.1) is 6.26 Å². The van der Waals surface area contributed by atoms with Gasteiger partial charge in [0.2, 0.25) is 0 Å². The van der Waals surface area contributed by atoms with Crippen LogP contribution in [0.2, 0.25) is 0 Å². The molecule has 0 unspecified atom stereocenters. The number of hydrogen-bond acceptors (Lipinski definition) is 4. The highest BCUT2D eigenvalue weighted by atomic mass is 16.5. The van der Waals surface area contributed by atoms with Gasteiger partial charge in [-0.3, -0.25) is 9.98 Å². The van der Waals surface area contributed by atoms with Crippen LogP contribution in [-0.4, -0.2) is 19.0 Å². The molecule has 1 heterocycles. The Morgan fingerprint density at radius 3 is 2.73 bits per heavy atom. The fourth-order valence-electron chi connectivity index (χ4n) is 0.699. The summed E-state index contributed by atoms with van der Waals surface area (Å²) >= 11 is 0. The molecule has 0 bridgehead atoms. The van der Waals surface area contributed by atoms with Crippen molar-refractivity contribution in [3.63, 3.8) is 0 Å². The molecule has 1 aliphatic rings. The molecule has 1 aliphatic heterocycles. The molecule has 0 atom stereocenters. The first kappa shape index (κ1) is 11.0. The first-order valence-corrected chi connectivity index (χ1v) is 4.44. The SMILES string of the molecule is C1=C\N=C\C=C/O/C=C\OC\C=C\N=C/1. The minimum atomic E-state index is 0.459. The van der Waals surface area contributed by atoms with Crippen LogP contribution in [-0.2, 0) is 9.47 Å². The average molecular weight is 204 g/mol. The van der Waals surface area contributed by atoms with Gasteiger partial charge < -0.3 is 9.47 Å². The summed E-state index contributed by atoms with van der Waals surface area (Å²) in [7, 11) is 0. The van der Waals surface area contributed by atoms with Crippen molar-refractivity contribution >= 4 is 12.4 Å². The monoisotopic (exact) mass is 204 g/mol. The van der Waals surface area contributed by atoms with E-state index in [1.54, 1.807) is 43.1 Å². The highest BCUT2D eigenvalue weighted by Crippen LogP contribution is 1.85. The van der Waals surface area contributed by atoms with Crippen molar-refractivity contribution in [1.29, 1.82) is 0 Å². The van der Waals surface area contributed by atoms with E-state index in [1.807, 2.05) is 0 Å². The van der Waals surface area contributed by atoms with Gasteiger partial charge in [-0.1, -0.05) is 0 Å². The van der Waals surface area contributed by atoms with E-state index in [1.165, 1.54) is 18.8 Å². The minimum absolute atomic E-state index is 0.459. The van der Waals surface area contributed by atoms with Gasteiger partial charge >= 0.3 is 0 Å². The zero-order valence-corrected chi connectivity index (χ0v) is 8.19. The zero-order chi connectivity index (χ0) is 10.6. The highest BCUT2D eigenvalue weighted by Gasteiger charge is 1.74. The molecule has 0 amide bonds. The molecule has 1 rings (SSSR count). The van der Waals surface area contributed by atoms with Crippen molar-refractivity contribution in [2.75, 3.05) is 6.61 Å². The number of nitrogens with zero attached hydrogens (tertiary/aromatic N) is 2. The number of ether oxygens (including phenoxy) is 2. The predicted molar refractivity (Wildman–Crippen MR) is 60.6 cm³/mol. The van der Waals surface area contributed by atoms with E-state index in [9.17, 15) is 0 Å². The van der Waals surface area contributed by atoms with Crippen LogP contribution in [0.5, 0.6) is 0 Å². The van der Waals surface area contributed by atoms with E-state index < -0.39 is 0 Å². The second kappa shape index (κ2) is 8.50. The largest absolute Gasteiger partial charge is 0.494 e. The summed E-state index contributed by atoms with van der Waals surface area (Å²) in [6, 6.07) is 0. The lowest BCUT2D eigenvalue weighted by Crippen LogP contribution is -1.80. The Kier molecular flexibility index (Phi) is 6.22. The molecule has 0 saturated carbocycles. The van der Waals surface area contributed by atoms with Gasteiger partial charge in [-0.2, -0.15) is 0 Å². The van der Waals surface area contributed by atoms with Crippen molar-refractivity contribution in [3.8, 4) is 0 Å². The summed E-state index contributed by atoms with van der Waals surface area (Å²) in [5.41, 5.74) is 0. The topological polar surface area (TPSA) is 43.2 Å². The molecule has 0 N–H and O–H groups in total. The van der Waals surface area contributed by atoms with Crippen LogP contribution in [0.3, 0.4) is 0 Å². The van der Waals surface area contributed by atoms with E-state index in [2.05, 4.69) is 9.98 Å². The number of allylic oxidation sites excluding steroid dienone is 2. The Morgan fingerprint density at radius 2 is 1.73 bits per heavy atom. The van der Waals surface area contributed by atoms with E-state index >= 15 is 0 Å². The molecule has 4 heteroatoms. The van der Waals surface area contributed by atoms with Crippen molar-refractivity contribution in [3.05, 3.63) is 49.4 Å². The molecule has 0 fully saturated rings. The molecule has 78 valence electrons. The molecular formula is C11H12N2O2. The summed E-state index contributed by atoms with van der Waals surface area (Å²) in [4.78, 5) is 7.90. The average Bonchev–Trinajstić information content (AvgIpc) is 2.27. The second-order valence-corrected chi connectivity index (χ2v) is 2.39. The Labute approximate surface area is 88.6 Å². The van der Waals surface area contributed by atoms with Crippen molar-refractivity contribution < 1.29 is 9.47 Å². The van der Waals surface area contributed by atoms with Gasteiger partial charge in [0.25, 0.3) is 0 Å². The number of aliphatic imine (C=N–C) groups is 2. The predicted octanol–water partition coefficient (Wildman–Crippen LogP) is 2.19. The molecule has 0 spiro atoms. The zero-order valence-electron chi connectivity index (χ0n) is 8.19. The molecular weight excluding hydrogens is 192 g/mol. The molecule has 0 aromatic heterocycles. The third-order valence-electron chi connectivity index (χ3n) is 1.29. The minimum Gasteiger partial charge on any atom is -0.494 e. The van der Waals surface area contributed by atoms with E-state index in [0.29, 0.717) is 6.61 Å². The van der Waals surface area contributed by atoms with Crippen LogP contribution in [0.15, 0.2) is 59.4 Å². The van der Waals surface area contributed by atoms with Crippen LogP contribution in [0.1, 0.15) is 0 Å². The van der Waals surface area contributed by atoms with E-state index in [4.69, 9.17) is 9.47 Å². The lowest BCUT2D eigenvalue weighted by molar-refractivity contribution is 0.269. The smallest absolute Gasteiger partial charge is 0.125 e. The van der Waals surface area contributed by atoms with Crippen LogP contribution in [0.25, 0.3) is 0 Å². The number of hydrogen-bond donors (Lipinski definition) is 0. The van der Waals surface area contributed by atoms with E-state index in [0.717, 1.165) is 0 Å². The van der Waals surface area contributed by atoms with Crippen molar-refractivity contribution in [1.82, 2.24) is 0 Å². The Hall–Kier alpha value is -2.10. The fourth-order valence-corrected chi connectivity index (χ4v) is 0.699. The van der Waals surface area contributed by atoms with Gasteiger partial charge in [-0.15, -0.1) is 0 Å². The fraction of sp³-hybridized carbons (Fsp3) is 0.0909. The second-order valence-electron chi connectivity index (χ2n) is 2.39. The normalized spacial score (nSPS) is 29.3. The maximum Gasteiger partial charge on any atom is 0.125 e. The lowest BCUT2D eigenvalue weighted by Gasteiger charge is -1.92. The molecule has 0 aliphatic carbocycles. The number of rotatable bonds is 0. The van der Waals surface area contributed by atoms with Crippen molar-refractivity contribution in [2.45, 2.75) is 0 Å². The molecule has 0 radical (unpaired) electrons. The maximum atomic E-state index is 5.06. The molecule has 0 aromatic rings. The van der Waals surface area contributed by atoms with Gasteiger partial charge in [0, 0.05) is 24.8 Å². The summed E-state index contributed by atoms with van der Waals surface area (Å²) in [6.45, 7) is 0.459. The quantitative estimate of drug-likeness (QED) is 0.607. The molecule has 15 heavy (non-hydrogen) atoms. The summed E-state index contributed by atoms with van der Waals surface area (Å²) in [6.07, 6.45) is 16.1. The van der Waals surface area contributed by atoms with Gasteiger partial charge in [0.1, 0.15) is 19.1 Å². The first-order chi connectivity index (χ1) is 7.50. The Morgan fingerprint density at radius 1 is 0.867 bits per heavy atom. The standard InChI is InChI=1S/C11H12N2O2/c1-4-12-6-2-8-14-10-11-15-9-3-7-13-5-1/h1-8,10-11H,9H2/b4-1-,7-3+,8-2-,11-10-,12-6+,13-5-. The van der Waals surface area contributed by atoms with Gasteiger partial charge in [-0.05, 0) is 18.2 Å². The van der Waals surface area contributed by atoms with E-state index in [-0.39, 0.29) is 0 Å². The third kappa shape index (κ3) is 7.01. The summed E-state index contributed by atoms with van der Waals surface area (Å²) < 4.78 is 10.0. The summed E-state index contributed by atoms with van der Waals surface area (Å²) in [5, 5.41) is 0. The van der Waals surface area contributed by atoms with Gasteiger partial charge in [-0.25, -0.2) is 0 Å². The summed E-state index contributed by atoms with van der Waals surface area (Å²) in [5.74, 6) is 0. The van der Waals surface area contributed by atoms with Crippen LogP contribution < -0.4 is 0 Å². The Bertz CT molecular complexity index is 325. The molecule has 0 saturated heterocycles. The maximum absolute atomic E-state index is 5.06. The Balaban J connectivity index is 2.51. The van der Waals surface area contributed by atoms with Gasteiger partial charge in [0.15, 0.2) is 0 Å². The van der Waals surface area contributed by atoms with Crippen molar-refractivity contribution in [2.24, 2.45) is 9.98 Å². The highest BCUT2D eigenvalue weighted by molar-refractivity contribution is 5.74. The third-order valence-corrected chi connectivity index (χ3v) is 1.29.